The van der Waals surface area contributed by atoms with Crippen molar-refractivity contribution in [2.45, 2.75) is 94.5 Å². The van der Waals surface area contributed by atoms with E-state index in [9.17, 15) is 13.0 Å². The number of piperidine rings is 1. The second kappa shape index (κ2) is 15.8. The van der Waals surface area contributed by atoms with Crippen molar-refractivity contribution in [3.8, 4) is 5.75 Å². The highest BCUT2D eigenvalue weighted by Crippen LogP contribution is 2.41. The third kappa shape index (κ3) is 8.42. The van der Waals surface area contributed by atoms with Crippen molar-refractivity contribution < 1.29 is 17.8 Å². The van der Waals surface area contributed by atoms with Crippen LogP contribution in [0.3, 0.4) is 0 Å². The number of hydroxylamine groups is 2. The topological polar surface area (TPSA) is 71.8 Å². The van der Waals surface area contributed by atoms with Crippen LogP contribution in [0.25, 0.3) is 11.0 Å². The molecule has 1 saturated carbocycles. The Kier molecular flexibility index (Phi) is 11.5. The lowest BCUT2D eigenvalue weighted by Gasteiger charge is -2.41. The zero-order chi connectivity index (χ0) is 34.5. The molecule has 2 heterocycles. The van der Waals surface area contributed by atoms with Crippen LogP contribution in [0.1, 0.15) is 82.6 Å². The quantitative estimate of drug-likeness (QED) is 0.133. The number of aromatic nitrogens is 2. The second-order valence-electron chi connectivity index (χ2n) is 13.8. The van der Waals surface area contributed by atoms with Gasteiger partial charge in [0.05, 0.1) is 21.0 Å². The molecule has 3 aromatic carbocycles. The molecular weight excluding hydrogens is 664 g/mol. The monoisotopic (exact) mass is 709 g/mol. The molecule has 1 aliphatic heterocycles. The molecule has 4 aromatic rings. The van der Waals surface area contributed by atoms with Crippen molar-refractivity contribution in [3.63, 3.8) is 0 Å². The molecule has 0 radical (unpaired) electrons. The minimum absolute atomic E-state index is 0.0107. The van der Waals surface area contributed by atoms with Crippen LogP contribution in [0.4, 0.5) is 8.78 Å². The van der Waals surface area contributed by atoms with Gasteiger partial charge in [-0.15, -0.1) is 5.06 Å². The van der Waals surface area contributed by atoms with E-state index in [-0.39, 0.29) is 32.9 Å². The lowest BCUT2D eigenvalue weighted by atomic mass is 9.70. The maximum Gasteiger partial charge on any atom is 0.167 e. The van der Waals surface area contributed by atoms with Crippen LogP contribution in [0, 0.1) is 24.5 Å². The largest absolute Gasteiger partial charge is 0.404 e. The number of imidazole rings is 1. The van der Waals surface area contributed by atoms with E-state index in [1.165, 1.54) is 36.9 Å². The number of aryl methyl sites for hydroxylation is 1. The Morgan fingerprint density at radius 3 is 2.61 bits per heavy atom. The molecule has 6 rings (SSSR count). The zero-order valence-electron chi connectivity index (χ0n) is 28.5. The molecule has 0 spiro atoms. The fraction of sp³-hybridized carbons (Fsp3) is 0.474. The summed E-state index contributed by atoms with van der Waals surface area (Å²) in [5.74, 6) is 1.12. The van der Waals surface area contributed by atoms with Crippen molar-refractivity contribution in [2.75, 3.05) is 19.6 Å². The van der Waals surface area contributed by atoms with Crippen LogP contribution < -0.4 is 9.56 Å². The second-order valence-corrected chi connectivity index (χ2v) is 15.5. The van der Waals surface area contributed by atoms with Crippen LogP contribution in [0.5, 0.6) is 5.75 Å². The molecule has 1 unspecified atom stereocenters. The lowest BCUT2D eigenvalue weighted by molar-refractivity contribution is -0.0873. The molecular formula is C38H46ClF2N5O2S. The molecule has 2 fully saturated rings. The van der Waals surface area contributed by atoms with Crippen molar-refractivity contribution in [2.24, 2.45) is 10.9 Å². The first kappa shape index (κ1) is 35.6. The van der Waals surface area contributed by atoms with Crippen molar-refractivity contribution in [1.82, 2.24) is 19.3 Å². The molecule has 1 aliphatic carbocycles. The van der Waals surface area contributed by atoms with Crippen LogP contribution in [0.2, 0.25) is 5.02 Å². The molecule has 11 heteroatoms. The first-order valence-corrected chi connectivity index (χ1v) is 18.9. The number of nitrogens with one attached hydrogen (secondary N) is 1. The minimum Gasteiger partial charge on any atom is -0.404 e. The van der Waals surface area contributed by atoms with Crippen LogP contribution in [0.15, 0.2) is 70.6 Å². The Bertz CT molecular complexity index is 1800. The average Bonchev–Trinajstić information content (AvgIpc) is 3.38. The number of fused-ring (bicyclic) bond motifs is 1. The standard InChI is InChI=1S/C38H46ClF2N5O2S/c1-26(2)44-49(47)37-25-36(32(39)24-33(37)41)48-45-20-16-38(17-21-45,29-10-7-11-30(40)23-29)15-19-42-18-14-31(22-28-8-6-9-28)46-27(3)43-34-12-4-5-13-35(34)46/h4-5,7,10-13,18,23-26,28,31,44H,6,8-9,14-17,19-22H2,1-3H3/t31-,49?/m0/s1. The number of aliphatic imine (C=N–C) groups is 1. The predicted octanol–water partition coefficient (Wildman–Crippen LogP) is 8.91. The van der Waals surface area contributed by atoms with Gasteiger partial charge in [-0.3, -0.25) is 4.99 Å². The molecule has 1 aromatic heterocycles. The molecule has 7 nitrogen and oxygen atoms in total. The number of hydrogen-bond donors (Lipinski definition) is 1. The summed E-state index contributed by atoms with van der Waals surface area (Å²) in [6.45, 7) is 7.49. The van der Waals surface area contributed by atoms with Crippen molar-refractivity contribution >= 4 is 39.8 Å². The smallest absolute Gasteiger partial charge is 0.167 e. The van der Waals surface area contributed by atoms with Gasteiger partial charge in [-0.2, -0.15) is 0 Å². The number of hydrogen-bond acceptors (Lipinski definition) is 5. The Balaban J connectivity index is 1.13. The van der Waals surface area contributed by atoms with Gasteiger partial charge in [0.1, 0.15) is 28.4 Å². The van der Waals surface area contributed by atoms with E-state index in [0.29, 0.717) is 38.5 Å². The highest BCUT2D eigenvalue weighted by molar-refractivity contribution is 7.83. The maximum atomic E-state index is 14.6. The minimum atomic E-state index is -1.75. The predicted molar refractivity (Wildman–Crippen MR) is 194 cm³/mol. The van der Waals surface area contributed by atoms with Gasteiger partial charge < -0.3 is 9.40 Å². The first-order chi connectivity index (χ1) is 23.6. The maximum absolute atomic E-state index is 14.6. The van der Waals surface area contributed by atoms with E-state index in [4.69, 9.17) is 26.4 Å². The van der Waals surface area contributed by atoms with Crippen LogP contribution in [-0.4, -0.2) is 50.7 Å². The lowest BCUT2D eigenvalue weighted by Crippen LogP contribution is -2.44. The summed E-state index contributed by atoms with van der Waals surface area (Å²) >= 11 is 6.36. The molecule has 0 bridgehead atoms. The van der Waals surface area contributed by atoms with Gasteiger partial charge >= 0.3 is 0 Å². The number of rotatable bonds is 14. The highest BCUT2D eigenvalue weighted by Gasteiger charge is 2.37. The van der Waals surface area contributed by atoms with E-state index in [1.807, 2.05) is 26.0 Å². The van der Waals surface area contributed by atoms with Crippen molar-refractivity contribution in [1.29, 1.82) is 0 Å². The summed E-state index contributed by atoms with van der Waals surface area (Å²) in [6, 6.07) is 18.0. The van der Waals surface area contributed by atoms with Gasteiger partial charge in [0.15, 0.2) is 5.75 Å². The van der Waals surface area contributed by atoms with E-state index in [0.717, 1.165) is 48.2 Å². The Morgan fingerprint density at radius 2 is 1.90 bits per heavy atom. The molecule has 0 amide bonds. The molecule has 1 saturated heterocycles. The molecule has 2 atom stereocenters. The third-order valence-electron chi connectivity index (χ3n) is 10.1. The highest BCUT2D eigenvalue weighted by atomic mass is 35.5. The summed E-state index contributed by atoms with van der Waals surface area (Å²) in [6.07, 6.45) is 10.1. The van der Waals surface area contributed by atoms with E-state index in [1.54, 1.807) is 17.2 Å². The SMILES string of the molecule is Cc1nc2ccccc2n1[C@@H](CC=NCCC1(c2cccc(F)c2)CCN(Oc2cc(S(=O)NC(C)C)c(F)cc2Cl)CC1)CC1CCC1. The van der Waals surface area contributed by atoms with Gasteiger partial charge in [0.2, 0.25) is 0 Å². The van der Waals surface area contributed by atoms with E-state index < -0.39 is 16.8 Å². The average molecular weight is 710 g/mol. The zero-order valence-corrected chi connectivity index (χ0v) is 30.1. The molecule has 262 valence electrons. The fourth-order valence-corrected chi connectivity index (χ4v) is 8.45. The van der Waals surface area contributed by atoms with Gasteiger partial charge in [-0.1, -0.05) is 55.1 Å². The number of halogens is 3. The van der Waals surface area contributed by atoms with E-state index in [2.05, 4.69) is 40.6 Å². The van der Waals surface area contributed by atoms with Gasteiger partial charge in [0, 0.05) is 50.4 Å². The normalized spacial score (nSPS) is 18.3. The number of nitrogens with zero attached hydrogens (tertiary/aromatic N) is 4. The summed E-state index contributed by atoms with van der Waals surface area (Å²) in [4.78, 5) is 15.9. The fourth-order valence-electron chi connectivity index (χ4n) is 7.26. The first-order valence-electron chi connectivity index (χ1n) is 17.4. The Labute approximate surface area is 295 Å². The molecule has 49 heavy (non-hydrogen) atoms. The van der Waals surface area contributed by atoms with Crippen LogP contribution in [-0.2, 0) is 16.4 Å². The van der Waals surface area contributed by atoms with Gasteiger partial charge in [-0.05, 0) is 93.7 Å². The summed E-state index contributed by atoms with van der Waals surface area (Å²) in [5.41, 5.74) is 2.88. The van der Waals surface area contributed by atoms with Gasteiger partial charge in [-0.25, -0.2) is 22.7 Å². The van der Waals surface area contributed by atoms with E-state index >= 15 is 0 Å². The van der Waals surface area contributed by atoms with Crippen LogP contribution >= 0.6 is 11.6 Å². The Morgan fingerprint density at radius 1 is 1.12 bits per heavy atom. The summed E-state index contributed by atoms with van der Waals surface area (Å²) in [5, 5.41) is 1.90. The molecule has 1 N–H and O–H groups in total. The number of para-hydroxylation sites is 2. The Hall–Kier alpha value is -3.18. The van der Waals surface area contributed by atoms with Crippen molar-refractivity contribution in [3.05, 3.63) is 88.7 Å². The molecule has 2 aliphatic rings. The van der Waals surface area contributed by atoms with Gasteiger partial charge in [0.25, 0.3) is 0 Å². The summed E-state index contributed by atoms with van der Waals surface area (Å²) in [7, 11) is -1.75. The third-order valence-corrected chi connectivity index (χ3v) is 11.8. The number of benzene rings is 3. The summed E-state index contributed by atoms with van der Waals surface area (Å²) < 4.78 is 47.1.